The zero-order valence-corrected chi connectivity index (χ0v) is 14.5. The number of carbonyl (C=O) groups is 1. The van der Waals surface area contributed by atoms with Gasteiger partial charge in [-0.2, -0.15) is 0 Å². The third-order valence-corrected chi connectivity index (χ3v) is 4.76. The predicted octanol–water partition coefficient (Wildman–Crippen LogP) is 2.53. The van der Waals surface area contributed by atoms with Crippen LogP contribution in [0, 0.1) is 0 Å². The van der Waals surface area contributed by atoms with E-state index in [0.29, 0.717) is 17.9 Å². The molecule has 128 valence electrons. The molecule has 1 aromatic rings. The van der Waals surface area contributed by atoms with Crippen molar-refractivity contribution in [2.45, 2.75) is 37.8 Å². The first kappa shape index (κ1) is 16.6. The first-order valence-corrected chi connectivity index (χ1v) is 7.93. The molecule has 2 aliphatic heterocycles. The minimum Gasteiger partial charge on any atom is -0.493 e. The number of hydrogen-bond acceptors (Lipinski definition) is 4. The number of benzene rings is 1. The summed E-state index contributed by atoms with van der Waals surface area (Å²) in [7, 11) is 3.18. The minimum absolute atomic E-state index is 0.185. The highest BCUT2D eigenvalue weighted by Gasteiger charge is 2.52. The van der Waals surface area contributed by atoms with E-state index in [2.05, 4.69) is 6.58 Å². The Morgan fingerprint density at radius 3 is 2.50 bits per heavy atom. The molecule has 24 heavy (non-hydrogen) atoms. The molecule has 0 unspecified atom stereocenters. The number of hydrogen-bond donors (Lipinski definition) is 1. The van der Waals surface area contributed by atoms with Crippen LogP contribution in [-0.2, 0) is 11.2 Å². The van der Waals surface area contributed by atoms with Gasteiger partial charge in [0, 0.05) is 17.5 Å². The second-order valence-electron chi connectivity index (χ2n) is 6.94. The Kier molecular flexibility index (Phi) is 3.72. The number of rotatable bonds is 4. The normalized spacial score (nSPS) is 24.1. The molecule has 0 bridgehead atoms. The van der Waals surface area contributed by atoms with Crippen LogP contribution < -0.4 is 9.47 Å². The fourth-order valence-corrected chi connectivity index (χ4v) is 3.67. The maximum Gasteiger partial charge on any atom is 0.263 e. The molecule has 5 nitrogen and oxygen atoms in total. The molecule has 1 aromatic carbocycles. The van der Waals surface area contributed by atoms with Gasteiger partial charge in [-0.25, -0.2) is 0 Å². The van der Waals surface area contributed by atoms with E-state index in [4.69, 9.17) is 9.47 Å². The monoisotopic (exact) mass is 329 g/mol. The Hall–Kier alpha value is -2.27. The van der Waals surface area contributed by atoms with Gasteiger partial charge >= 0.3 is 0 Å². The zero-order chi connectivity index (χ0) is 17.7. The average Bonchev–Trinajstić information content (AvgIpc) is 2.79. The number of amides is 1. The largest absolute Gasteiger partial charge is 0.493 e. The number of methoxy groups -OCH3 is 2. The third-order valence-electron chi connectivity index (χ3n) is 4.76. The van der Waals surface area contributed by atoms with Crippen molar-refractivity contribution in [3.05, 3.63) is 42.0 Å². The Balaban J connectivity index is 2.22. The van der Waals surface area contributed by atoms with Gasteiger partial charge in [0.15, 0.2) is 17.1 Å². The summed E-state index contributed by atoms with van der Waals surface area (Å²) in [4.78, 5) is 14.6. The summed E-state index contributed by atoms with van der Waals surface area (Å²) >= 11 is 0. The average molecular weight is 329 g/mol. The van der Waals surface area contributed by atoms with Crippen LogP contribution in [0.2, 0.25) is 0 Å². The fourth-order valence-electron chi connectivity index (χ4n) is 3.67. The smallest absolute Gasteiger partial charge is 0.263 e. The fraction of sp³-hybridized carbons (Fsp3) is 0.421. The van der Waals surface area contributed by atoms with Crippen LogP contribution in [0.3, 0.4) is 0 Å². The Morgan fingerprint density at radius 2 is 1.92 bits per heavy atom. The lowest BCUT2D eigenvalue weighted by Gasteiger charge is -2.43. The highest BCUT2D eigenvalue weighted by Crippen LogP contribution is 2.47. The van der Waals surface area contributed by atoms with E-state index in [9.17, 15) is 9.90 Å². The van der Waals surface area contributed by atoms with Crippen molar-refractivity contribution in [2.24, 2.45) is 0 Å². The molecule has 1 atom stereocenters. The first-order valence-electron chi connectivity index (χ1n) is 7.93. The van der Waals surface area contributed by atoms with Crippen LogP contribution in [0.5, 0.6) is 11.5 Å². The van der Waals surface area contributed by atoms with E-state index in [-0.39, 0.29) is 12.3 Å². The molecule has 1 N–H and O–H groups in total. The van der Waals surface area contributed by atoms with Crippen LogP contribution in [0.4, 0.5) is 0 Å². The SMILES string of the molecule is C=CC[C@]1(O)C=C2c3cc(OC)c(OC)cc3CC(C)(C)N2C1=O. The van der Waals surface area contributed by atoms with Crippen molar-refractivity contribution in [3.63, 3.8) is 0 Å². The summed E-state index contributed by atoms with van der Waals surface area (Å²) in [5, 5.41) is 10.8. The topological polar surface area (TPSA) is 59.0 Å². The van der Waals surface area contributed by atoms with E-state index in [0.717, 1.165) is 16.8 Å². The summed E-state index contributed by atoms with van der Waals surface area (Å²) in [6.45, 7) is 7.65. The molecule has 0 fully saturated rings. The van der Waals surface area contributed by atoms with Crippen LogP contribution in [0.25, 0.3) is 5.70 Å². The zero-order valence-electron chi connectivity index (χ0n) is 14.5. The second-order valence-corrected chi connectivity index (χ2v) is 6.94. The quantitative estimate of drug-likeness (QED) is 0.863. The molecule has 0 aromatic heterocycles. The Labute approximate surface area is 142 Å². The van der Waals surface area contributed by atoms with E-state index in [1.54, 1.807) is 31.3 Å². The van der Waals surface area contributed by atoms with Gasteiger partial charge < -0.3 is 19.5 Å². The highest BCUT2D eigenvalue weighted by atomic mass is 16.5. The van der Waals surface area contributed by atoms with E-state index < -0.39 is 11.1 Å². The van der Waals surface area contributed by atoms with Crippen LogP contribution >= 0.6 is 0 Å². The Bertz CT molecular complexity index is 750. The van der Waals surface area contributed by atoms with E-state index in [1.165, 1.54) is 0 Å². The lowest BCUT2D eigenvalue weighted by molar-refractivity contribution is -0.144. The first-order chi connectivity index (χ1) is 11.3. The van der Waals surface area contributed by atoms with Gasteiger partial charge in [-0.05, 0) is 44.0 Å². The Morgan fingerprint density at radius 1 is 1.29 bits per heavy atom. The number of carbonyl (C=O) groups excluding carboxylic acids is 1. The summed E-state index contributed by atoms with van der Waals surface area (Å²) < 4.78 is 10.8. The molecule has 2 aliphatic rings. The number of fused-ring (bicyclic) bond motifs is 3. The molecule has 5 heteroatoms. The molecule has 0 spiro atoms. The summed E-state index contributed by atoms with van der Waals surface area (Å²) in [6, 6.07) is 3.82. The van der Waals surface area contributed by atoms with Gasteiger partial charge in [0.2, 0.25) is 0 Å². The standard InChI is InChI=1S/C19H23NO4/c1-6-7-19(22)11-14-13-9-16(24-5)15(23-4)8-12(13)10-18(2,3)20(14)17(19)21/h6,8-9,11,22H,1,7,10H2,2-5H3/t19-/m0/s1. The number of nitrogens with zero attached hydrogens (tertiary/aromatic N) is 1. The maximum atomic E-state index is 12.9. The van der Waals surface area contributed by atoms with Gasteiger partial charge in [-0.15, -0.1) is 6.58 Å². The van der Waals surface area contributed by atoms with Crippen molar-refractivity contribution in [1.29, 1.82) is 0 Å². The van der Waals surface area contributed by atoms with E-state index >= 15 is 0 Å². The van der Waals surface area contributed by atoms with Crippen LogP contribution in [-0.4, -0.2) is 41.3 Å². The van der Waals surface area contributed by atoms with Gasteiger partial charge in [-0.1, -0.05) is 6.08 Å². The van der Waals surface area contributed by atoms with Crippen molar-refractivity contribution >= 4 is 11.6 Å². The third kappa shape index (κ3) is 2.23. The summed E-state index contributed by atoms with van der Waals surface area (Å²) in [5.41, 5.74) is 0.692. The molecule has 0 saturated heterocycles. The molecular weight excluding hydrogens is 306 g/mol. The molecule has 1 amide bonds. The molecule has 0 radical (unpaired) electrons. The minimum atomic E-state index is -1.54. The van der Waals surface area contributed by atoms with E-state index in [1.807, 2.05) is 26.0 Å². The maximum absolute atomic E-state index is 12.9. The molecule has 0 saturated carbocycles. The van der Waals surface area contributed by atoms with Crippen molar-refractivity contribution in [1.82, 2.24) is 4.90 Å². The summed E-state index contributed by atoms with van der Waals surface area (Å²) in [6.07, 6.45) is 4.05. The highest BCUT2D eigenvalue weighted by molar-refractivity contribution is 6.02. The van der Waals surface area contributed by atoms with Gasteiger partial charge in [0.05, 0.1) is 19.9 Å². The molecule has 0 aliphatic carbocycles. The van der Waals surface area contributed by atoms with Crippen molar-refractivity contribution in [3.8, 4) is 11.5 Å². The lowest BCUT2D eigenvalue weighted by atomic mass is 9.84. The van der Waals surface area contributed by atoms with Crippen molar-refractivity contribution < 1.29 is 19.4 Å². The van der Waals surface area contributed by atoms with Gasteiger partial charge in [0.1, 0.15) is 0 Å². The molecular formula is C19H23NO4. The van der Waals surface area contributed by atoms with Crippen LogP contribution in [0.15, 0.2) is 30.9 Å². The number of aliphatic hydroxyl groups is 1. The molecule has 3 rings (SSSR count). The molecule has 2 heterocycles. The van der Waals surface area contributed by atoms with Crippen LogP contribution in [0.1, 0.15) is 31.4 Å². The predicted molar refractivity (Wildman–Crippen MR) is 91.9 cm³/mol. The number of ether oxygens (including phenoxy) is 2. The van der Waals surface area contributed by atoms with Gasteiger partial charge in [-0.3, -0.25) is 4.79 Å². The second kappa shape index (κ2) is 5.38. The van der Waals surface area contributed by atoms with Crippen molar-refractivity contribution in [2.75, 3.05) is 14.2 Å². The van der Waals surface area contributed by atoms with Gasteiger partial charge in [0.25, 0.3) is 5.91 Å². The lowest BCUT2D eigenvalue weighted by Crippen LogP contribution is -2.53. The summed E-state index contributed by atoms with van der Waals surface area (Å²) in [5.74, 6) is 0.957.